The Morgan fingerprint density at radius 2 is 2.00 bits per heavy atom. The molecule has 0 aliphatic heterocycles. The van der Waals surface area contributed by atoms with E-state index in [0.29, 0.717) is 27.2 Å². The van der Waals surface area contributed by atoms with E-state index in [-0.39, 0.29) is 11.8 Å². The second-order valence-electron chi connectivity index (χ2n) is 6.50. The third-order valence-electron chi connectivity index (χ3n) is 4.46. The minimum Gasteiger partial charge on any atom is -0.465 e. The number of esters is 1. The van der Waals surface area contributed by atoms with Crippen molar-refractivity contribution in [1.29, 1.82) is 0 Å². The van der Waals surface area contributed by atoms with Crippen LogP contribution in [0.3, 0.4) is 0 Å². The molecule has 1 N–H and O–H groups in total. The Morgan fingerprint density at radius 1 is 1.29 bits per heavy atom. The summed E-state index contributed by atoms with van der Waals surface area (Å²) in [7, 11) is 1.31. The number of anilines is 1. The Hall–Kier alpha value is -2.09. The van der Waals surface area contributed by atoms with E-state index in [9.17, 15) is 9.59 Å². The molecule has 1 atom stereocenters. The van der Waals surface area contributed by atoms with Gasteiger partial charge in [0, 0.05) is 15.8 Å². The largest absolute Gasteiger partial charge is 0.465 e. The Labute approximate surface area is 176 Å². The highest BCUT2D eigenvalue weighted by atomic mass is 35.5. The van der Waals surface area contributed by atoms with Gasteiger partial charge >= 0.3 is 5.97 Å². The molecule has 2 heterocycles. The van der Waals surface area contributed by atoms with Crippen LogP contribution in [-0.4, -0.2) is 28.8 Å². The average Bonchev–Trinajstić information content (AvgIpc) is 3.12. The molecule has 0 spiro atoms. The van der Waals surface area contributed by atoms with Crippen LogP contribution >= 0.6 is 34.5 Å². The number of hydrogen-bond donors (Lipinski definition) is 1. The summed E-state index contributed by atoms with van der Waals surface area (Å²) in [5, 5.41) is 8.99. The van der Waals surface area contributed by atoms with E-state index in [4.69, 9.17) is 27.9 Å². The normalized spacial score (nSPS) is 12.2. The molecule has 148 valence electrons. The number of aromatic nitrogens is 2. The van der Waals surface area contributed by atoms with Crippen LogP contribution in [0.15, 0.2) is 18.2 Å². The van der Waals surface area contributed by atoms with Crippen LogP contribution in [0, 0.1) is 19.8 Å². The van der Waals surface area contributed by atoms with Crippen LogP contribution < -0.4 is 5.32 Å². The minimum absolute atomic E-state index is 0.140. The summed E-state index contributed by atoms with van der Waals surface area (Å²) in [6.45, 7) is 5.96. The topological polar surface area (TPSA) is 73.2 Å². The van der Waals surface area contributed by atoms with Crippen LogP contribution in [0.4, 0.5) is 5.69 Å². The van der Waals surface area contributed by atoms with Gasteiger partial charge in [-0.3, -0.25) is 9.48 Å². The van der Waals surface area contributed by atoms with Crippen molar-refractivity contribution in [3.63, 3.8) is 0 Å². The van der Waals surface area contributed by atoms with Gasteiger partial charge in [-0.05, 0) is 32.0 Å². The molecule has 3 aromatic rings. The molecule has 9 heteroatoms. The molecular weight excluding hydrogens is 421 g/mol. The summed E-state index contributed by atoms with van der Waals surface area (Å²) in [5.41, 5.74) is 2.21. The van der Waals surface area contributed by atoms with Crippen LogP contribution in [0.5, 0.6) is 0 Å². The Bertz CT molecular complexity index is 1070. The summed E-state index contributed by atoms with van der Waals surface area (Å²) >= 11 is 13.7. The first-order chi connectivity index (χ1) is 13.2. The van der Waals surface area contributed by atoms with Crippen molar-refractivity contribution in [2.75, 3.05) is 12.4 Å². The summed E-state index contributed by atoms with van der Waals surface area (Å²) < 4.78 is 7.28. The Kier molecular flexibility index (Phi) is 5.98. The van der Waals surface area contributed by atoms with E-state index in [0.717, 1.165) is 21.5 Å². The highest BCUT2D eigenvalue weighted by Crippen LogP contribution is 2.37. The van der Waals surface area contributed by atoms with Gasteiger partial charge < -0.3 is 10.1 Å². The Balaban J connectivity index is 1.76. The van der Waals surface area contributed by atoms with Crippen LogP contribution in [0.2, 0.25) is 10.0 Å². The van der Waals surface area contributed by atoms with Crippen molar-refractivity contribution in [2.45, 2.75) is 27.3 Å². The maximum Gasteiger partial charge on any atom is 0.349 e. The number of thiophene rings is 1. The lowest BCUT2D eigenvalue weighted by Crippen LogP contribution is -2.25. The number of methoxy groups -OCH3 is 1. The van der Waals surface area contributed by atoms with Crippen LogP contribution in [0.25, 0.3) is 10.1 Å². The van der Waals surface area contributed by atoms with E-state index >= 15 is 0 Å². The second-order valence-corrected chi connectivity index (χ2v) is 8.31. The van der Waals surface area contributed by atoms with E-state index in [2.05, 4.69) is 10.4 Å². The minimum atomic E-state index is -0.478. The fourth-order valence-electron chi connectivity index (χ4n) is 2.83. The molecular formula is C19H19Cl2N3O3S. The van der Waals surface area contributed by atoms with E-state index in [1.807, 2.05) is 20.8 Å². The van der Waals surface area contributed by atoms with Gasteiger partial charge in [-0.15, -0.1) is 11.3 Å². The zero-order chi connectivity index (χ0) is 20.6. The first-order valence-electron chi connectivity index (χ1n) is 8.53. The van der Waals surface area contributed by atoms with E-state index in [1.165, 1.54) is 18.4 Å². The zero-order valence-electron chi connectivity index (χ0n) is 15.8. The van der Waals surface area contributed by atoms with Crippen LogP contribution in [-0.2, 0) is 16.1 Å². The predicted octanol–water partition coefficient (Wildman–Crippen LogP) is 5.08. The van der Waals surface area contributed by atoms with Gasteiger partial charge in [0.25, 0.3) is 0 Å². The number of halogens is 2. The highest BCUT2D eigenvalue weighted by Gasteiger charge is 2.20. The molecule has 2 aromatic heterocycles. The predicted molar refractivity (Wildman–Crippen MR) is 113 cm³/mol. The second kappa shape index (κ2) is 8.11. The Morgan fingerprint density at radius 3 is 2.61 bits per heavy atom. The van der Waals surface area contributed by atoms with Crippen molar-refractivity contribution >= 4 is 62.2 Å². The van der Waals surface area contributed by atoms with Gasteiger partial charge in [0.15, 0.2) is 0 Å². The fourth-order valence-corrected chi connectivity index (χ4v) is 4.43. The molecule has 0 aliphatic carbocycles. The number of aryl methyl sites for hydroxylation is 1. The van der Waals surface area contributed by atoms with Gasteiger partial charge in [-0.1, -0.05) is 30.1 Å². The molecule has 28 heavy (non-hydrogen) atoms. The summed E-state index contributed by atoms with van der Waals surface area (Å²) in [6.07, 6.45) is 0. The third kappa shape index (κ3) is 3.87. The van der Waals surface area contributed by atoms with E-state index < -0.39 is 5.97 Å². The number of nitrogens with one attached hydrogen (secondary N) is 1. The fraction of sp³-hybridized carbons (Fsp3) is 0.316. The van der Waals surface area contributed by atoms with Crippen molar-refractivity contribution in [3.8, 4) is 0 Å². The third-order valence-corrected chi connectivity index (χ3v) is 6.64. The molecule has 0 saturated carbocycles. The van der Waals surface area contributed by atoms with E-state index in [1.54, 1.807) is 22.9 Å². The number of nitrogens with zero attached hydrogens (tertiary/aromatic N) is 2. The summed E-state index contributed by atoms with van der Waals surface area (Å²) in [4.78, 5) is 24.7. The number of benzene rings is 1. The first kappa shape index (κ1) is 20.6. The molecule has 0 bridgehead atoms. The molecule has 0 saturated heterocycles. The molecule has 0 aliphatic rings. The van der Waals surface area contributed by atoms with Crippen molar-refractivity contribution in [3.05, 3.63) is 44.5 Å². The molecule has 0 unspecified atom stereocenters. The smallest absolute Gasteiger partial charge is 0.349 e. The molecule has 0 radical (unpaired) electrons. The standard InChI is InChI=1S/C19H19Cl2N3O3S/c1-9(8-24-11(3)15(20)10(2)23-24)18(25)22-12-5-6-13-14(7-12)28-17(16(13)21)19(26)27-4/h5-7,9H,8H2,1-4H3,(H,22,25)/t9-/m1/s1. The maximum atomic E-state index is 12.6. The monoisotopic (exact) mass is 439 g/mol. The lowest BCUT2D eigenvalue weighted by molar-refractivity contribution is -0.119. The van der Waals surface area contributed by atoms with Gasteiger partial charge in [0.05, 0.1) is 41.0 Å². The van der Waals surface area contributed by atoms with Crippen molar-refractivity contribution in [2.24, 2.45) is 5.92 Å². The highest BCUT2D eigenvalue weighted by molar-refractivity contribution is 7.21. The van der Waals surface area contributed by atoms with Gasteiger partial charge in [0.1, 0.15) is 4.88 Å². The molecule has 0 fully saturated rings. The van der Waals surface area contributed by atoms with Crippen molar-refractivity contribution in [1.82, 2.24) is 9.78 Å². The maximum absolute atomic E-state index is 12.6. The first-order valence-corrected chi connectivity index (χ1v) is 10.1. The number of carbonyl (C=O) groups is 2. The van der Waals surface area contributed by atoms with Gasteiger partial charge in [-0.2, -0.15) is 5.10 Å². The summed E-state index contributed by atoms with van der Waals surface area (Å²) in [6, 6.07) is 5.33. The quantitative estimate of drug-likeness (QED) is 0.562. The number of ether oxygens (including phenoxy) is 1. The number of carbonyl (C=O) groups excluding carboxylic acids is 2. The zero-order valence-corrected chi connectivity index (χ0v) is 18.1. The molecule has 6 nitrogen and oxygen atoms in total. The molecule has 1 amide bonds. The van der Waals surface area contributed by atoms with Gasteiger partial charge in [-0.25, -0.2) is 4.79 Å². The average molecular weight is 440 g/mol. The summed E-state index contributed by atoms with van der Waals surface area (Å²) in [5.74, 6) is -0.935. The number of fused-ring (bicyclic) bond motifs is 1. The number of hydrogen-bond acceptors (Lipinski definition) is 5. The lowest BCUT2D eigenvalue weighted by Gasteiger charge is -2.13. The number of amides is 1. The van der Waals surface area contributed by atoms with Crippen LogP contribution in [0.1, 0.15) is 28.0 Å². The molecule has 1 aromatic carbocycles. The van der Waals surface area contributed by atoms with Crippen molar-refractivity contribution < 1.29 is 14.3 Å². The number of rotatable bonds is 5. The SMILES string of the molecule is COC(=O)c1sc2cc(NC(=O)[C@H](C)Cn3nc(C)c(Cl)c3C)ccc2c1Cl. The molecule has 3 rings (SSSR count). The van der Waals surface area contributed by atoms with Gasteiger partial charge in [0.2, 0.25) is 5.91 Å². The lowest BCUT2D eigenvalue weighted by atomic mass is 10.1.